The van der Waals surface area contributed by atoms with Gasteiger partial charge in [-0.1, -0.05) is 20.8 Å². The molecule has 4 aliphatic rings. The second-order valence-electron chi connectivity index (χ2n) is 15.4. The topological polar surface area (TPSA) is 126 Å². The van der Waals surface area contributed by atoms with Crippen LogP contribution in [0.1, 0.15) is 117 Å². The van der Waals surface area contributed by atoms with Crippen molar-refractivity contribution < 1.29 is 19.3 Å². The third kappa shape index (κ3) is 8.00. The Hall–Kier alpha value is -0.280. The zero-order chi connectivity index (χ0) is 30.9. The summed E-state index contributed by atoms with van der Waals surface area (Å²) in [4.78, 5) is 0. The van der Waals surface area contributed by atoms with E-state index in [1.54, 1.807) is 0 Å². The molecule has 0 heterocycles. The number of hydrogen-bond donors (Lipinski definition) is 4. The lowest BCUT2D eigenvalue weighted by molar-refractivity contribution is -0.227. The summed E-state index contributed by atoms with van der Waals surface area (Å²) in [6, 6.07) is 0. The van der Waals surface area contributed by atoms with Crippen LogP contribution in [0.2, 0.25) is 0 Å². The summed E-state index contributed by atoms with van der Waals surface area (Å²) in [7, 11) is 0. The van der Waals surface area contributed by atoms with Crippen molar-refractivity contribution in [1.82, 2.24) is 0 Å². The van der Waals surface area contributed by atoms with Crippen molar-refractivity contribution in [3.63, 3.8) is 0 Å². The number of unbranched alkanes of at least 4 members (excludes halogenated alkanes) is 3. The highest BCUT2D eigenvalue weighted by Gasteiger charge is 2.66. The van der Waals surface area contributed by atoms with E-state index in [4.69, 9.17) is 31.4 Å². The van der Waals surface area contributed by atoms with Crippen molar-refractivity contribution >= 4 is 0 Å². The van der Waals surface area contributed by atoms with Gasteiger partial charge in [0.15, 0.2) is 0 Å². The smallest absolute Gasteiger partial charge is 0.0637 e. The Balaban J connectivity index is 1.61. The van der Waals surface area contributed by atoms with E-state index < -0.39 is 0 Å². The molecular weight excluding hydrogens is 538 g/mol. The summed E-state index contributed by atoms with van der Waals surface area (Å²) in [5.41, 5.74) is 17.9. The molecule has 0 aromatic rings. The van der Waals surface area contributed by atoms with Gasteiger partial charge in [-0.3, -0.25) is 0 Å². The molecule has 4 unspecified atom stereocenters. The second-order valence-corrected chi connectivity index (χ2v) is 15.4. The molecule has 4 saturated carbocycles. The summed E-state index contributed by atoms with van der Waals surface area (Å²) in [6.45, 7) is 12.7. The van der Waals surface area contributed by atoms with Gasteiger partial charge < -0.3 is 36.5 Å². The molecule has 252 valence electrons. The van der Waals surface area contributed by atoms with E-state index in [9.17, 15) is 5.11 Å². The van der Waals surface area contributed by atoms with Crippen LogP contribution in [0.15, 0.2) is 0 Å². The van der Waals surface area contributed by atoms with E-state index >= 15 is 0 Å². The highest BCUT2D eigenvalue weighted by Crippen LogP contribution is 2.69. The molecule has 0 bridgehead atoms. The third-order valence-corrected chi connectivity index (χ3v) is 13.1. The zero-order valence-corrected chi connectivity index (χ0v) is 28.2. The fourth-order valence-electron chi connectivity index (χ4n) is 10.7. The summed E-state index contributed by atoms with van der Waals surface area (Å²) in [5.74, 6) is 3.68. The SMILES string of the molecule is CC(CCCO)C1CC[C@H]2C3[C@H](OCCCCN)CC4C[C@H](OCCCCN)CC[C@]4(C)[C@H]3C[C@H](OCCCCN)[C@]12C. The summed E-state index contributed by atoms with van der Waals surface area (Å²) in [5, 5.41) is 9.64. The number of aliphatic hydroxyl groups excluding tert-OH is 1. The van der Waals surface area contributed by atoms with Gasteiger partial charge in [0.2, 0.25) is 0 Å². The first-order valence-electron chi connectivity index (χ1n) is 18.4. The molecule has 4 aliphatic carbocycles. The normalized spacial score (nSPS) is 39.7. The number of hydrogen-bond acceptors (Lipinski definition) is 7. The first-order valence-corrected chi connectivity index (χ1v) is 18.4. The fraction of sp³-hybridized carbons (Fsp3) is 1.00. The molecule has 7 N–H and O–H groups in total. The second kappa shape index (κ2) is 17.0. The summed E-state index contributed by atoms with van der Waals surface area (Å²) < 4.78 is 20.4. The lowest BCUT2D eigenvalue weighted by atomic mass is 9.43. The number of rotatable bonds is 19. The maximum absolute atomic E-state index is 9.64. The van der Waals surface area contributed by atoms with E-state index in [1.165, 1.54) is 32.1 Å². The van der Waals surface area contributed by atoms with Gasteiger partial charge >= 0.3 is 0 Å². The van der Waals surface area contributed by atoms with Crippen molar-refractivity contribution in [2.24, 2.45) is 63.5 Å². The van der Waals surface area contributed by atoms with Crippen LogP contribution in [0.25, 0.3) is 0 Å². The monoisotopic (exact) mass is 608 g/mol. The van der Waals surface area contributed by atoms with E-state index in [0.29, 0.717) is 53.1 Å². The van der Waals surface area contributed by atoms with Gasteiger partial charge in [0.25, 0.3) is 0 Å². The molecule has 0 amide bonds. The molecule has 0 aromatic carbocycles. The minimum absolute atomic E-state index is 0.143. The van der Waals surface area contributed by atoms with E-state index in [2.05, 4.69) is 20.8 Å². The van der Waals surface area contributed by atoms with Crippen molar-refractivity contribution in [2.75, 3.05) is 46.1 Å². The van der Waals surface area contributed by atoms with E-state index in [1.807, 2.05) is 0 Å². The molecular formula is C36H69N3O4. The Bertz CT molecular complexity index is 802. The lowest BCUT2D eigenvalue weighted by Crippen LogP contribution is -2.63. The summed E-state index contributed by atoms with van der Waals surface area (Å²) >= 11 is 0. The third-order valence-electron chi connectivity index (χ3n) is 13.1. The largest absolute Gasteiger partial charge is 0.396 e. The standard InChI is InChI=1S/C36H69N3O4/c1-26(11-10-19-40)29-12-13-30-34-31(25-33(36(29,30)3)43-22-9-6-18-39)35(2)15-14-28(41-20-7-4-16-37)23-27(35)24-32(34)42-21-8-5-17-38/h26-34,40H,4-25,37-39H2,1-3H3/t26?,27?,28-,29?,30+,31+,32-,33+,34?,35+,36-/m1/s1. The number of ether oxygens (including phenoxy) is 3. The first-order chi connectivity index (χ1) is 20.8. The Morgan fingerprint density at radius 2 is 1.40 bits per heavy atom. The van der Waals surface area contributed by atoms with Crippen LogP contribution in [0, 0.1) is 46.3 Å². The predicted octanol–water partition coefficient (Wildman–Crippen LogP) is 5.65. The number of aliphatic hydroxyl groups is 1. The van der Waals surface area contributed by atoms with Crippen molar-refractivity contribution in [3.05, 3.63) is 0 Å². The molecule has 4 rings (SSSR count). The molecule has 7 heteroatoms. The molecule has 0 saturated heterocycles. The first kappa shape index (κ1) is 35.6. The minimum atomic E-state index is 0.143. The van der Waals surface area contributed by atoms with Gasteiger partial charge in [-0.15, -0.1) is 0 Å². The van der Waals surface area contributed by atoms with Crippen LogP contribution in [0.5, 0.6) is 0 Å². The van der Waals surface area contributed by atoms with Crippen LogP contribution in [0.4, 0.5) is 0 Å². The maximum atomic E-state index is 9.64. The molecule has 0 spiro atoms. The number of fused-ring (bicyclic) bond motifs is 5. The molecule has 0 radical (unpaired) electrons. The predicted molar refractivity (Wildman–Crippen MR) is 176 cm³/mol. The van der Waals surface area contributed by atoms with Gasteiger partial charge in [0, 0.05) is 31.8 Å². The Kier molecular flexibility index (Phi) is 14.1. The maximum Gasteiger partial charge on any atom is 0.0637 e. The highest BCUT2D eigenvalue weighted by molar-refractivity contribution is 5.15. The molecule has 7 nitrogen and oxygen atoms in total. The molecule has 4 fully saturated rings. The average Bonchev–Trinajstić information content (AvgIpc) is 3.37. The lowest BCUT2D eigenvalue weighted by Gasteiger charge is -2.65. The number of nitrogens with two attached hydrogens (primary N) is 3. The van der Waals surface area contributed by atoms with Gasteiger partial charge in [-0.05, 0) is 157 Å². The van der Waals surface area contributed by atoms with Crippen LogP contribution >= 0.6 is 0 Å². The van der Waals surface area contributed by atoms with Gasteiger partial charge in [0.05, 0.1) is 18.3 Å². The minimum Gasteiger partial charge on any atom is -0.396 e. The molecule has 43 heavy (non-hydrogen) atoms. The highest BCUT2D eigenvalue weighted by atomic mass is 16.5. The van der Waals surface area contributed by atoms with Crippen molar-refractivity contribution in [1.29, 1.82) is 0 Å². The van der Waals surface area contributed by atoms with E-state index in [0.717, 1.165) is 104 Å². The van der Waals surface area contributed by atoms with Gasteiger partial charge in [-0.2, -0.15) is 0 Å². The quantitative estimate of drug-likeness (QED) is 0.140. The Morgan fingerprint density at radius 3 is 2.05 bits per heavy atom. The Labute approximate surface area is 264 Å². The molecule has 0 aromatic heterocycles. The van der Waals surface area contributed by atoms with Crippen LogP contribution < -0.4 is 17.2 Å². The van der Waals surface area contributed by atoms with E-state index in [-0.39, 0.29) is 18.1 Å². The van der Waals surface area contributed by atoms with Gasteiger partial charge in [-0.25, -0.2) is 0 Å². The molecule has 0 aliphatic heterocycles. The summed E-state index contributed by atoms with van der Waals surface area (Å²) in [6.07, 6.45) is 17.7. The van der Waals surface area contributed by atoms with Crippen LogP contribution in [-0.2, 0) is 14.2 Å². The Morgan fingerprint density at radius 1 is 0.744 bits per heavy atom. The van der Waals surface area contributed by atoms with Crippen LogP contribution in [0.3, 0.4) is 0 Å². The van der Waals surface area contributed by atoms with Crippen molar-refractivity contribution in [2.45, 2.75) is 135 Å². The van der Waals surface area contributed by atoms with Crippen LogP contribution in [-0.4, -0.2) is 69.5 Å². The zero-order valence-electron chi connectivity index (χ0n) is 28.2. The molecule has 11 atom stereocenters. The van der Waals surface area contributed by atoms with Crippen molar-refractivity contribution in [3.8, 4) is 0 Å². The van der Waals surface area contributed by atoms with Gasteiger partial charge in [0.1, 0.15) is 0 Å². The fourth-order valence-corrected chi connectivity index (χ4v) is 10.7. The average molecular weight is 608 g/mol.